The van der Waals surface area contributed by atoms with Crippen LogP contribution in [0.4, 0.5) is 11.4 Å². The lowest BCUT2D eigenvalue weighted by Crippen LogP contribution is -2.35. The number of hydrogen-bond acceptors (Lipinski definition) is 3. The third-order valence-corrected chi connectivity index (χ3v) is 3.62. The van der Waals surface area contributed by atoms with Crippen LogP contribution in [-0.2, 0) is 0 Å². The summed E-state index contributed by atoms with van der Waals surface area (Å²) in [6.45, 7) is 5.73. The molecule has 2 rings (SSSR count). The minimum absolute atomic E-state index is 0.701. The first-order chi connectivity index (χ1) is 8.20. The second kappa shape index (κ2) is 5.41. The molecular formula is C14H23N3. The van der Waals surface area contributed by atoms with Crippen molar-refractivity contribution in [1.29, 1.82) is 0 Å². The number of likely N-dealkylation sites (N-methyl/N-ethyl adjacent to an activating group) is 1. The summed E-state index contributed by atoms with van der Waals surface area (Å²) in [6, 6.07) is 8.92. The van der Waals surface area contributed by atoms with E-state index in [1.165, 1.54) is 25.1 Å². The molecule has 1 aliphatic rings. The molecule has 1 aliphatic heterocycles. The fourth-order valence-corrected chi connectivity index (χ4v) is 2.56. The van der Waals surface area contributed by atoms with E-state index >= 15 is 0 Å². The molecule has 0 aromatic heterocycles. The summed E-state index contributed by atoms with van der Waals surface area (Å²) in [6.07, 6.45) is 2.50. The van der Waals surface area contributed by atoms with Gasteiger partial charge in [0.1, 0.15) is 0 Å². The summed E-state index contributed by atoms with van der Waals surface area (Å²) < 4.78 is 0. The van der Waals surface area contributed by atoms with Crippen molar-refractivity contribution in [3.63, 3.8) is 0 Å². The Morgan fingerprint density at radius 1 is 1.35 bits per heavy atom. The fraction of sp³-hybridized carbons (Fsp3) is 0.571. The van der Waals surface area contributed by atoms with Crippen LogP contribution in [0, 0.1) is 0 Å². The maximum absolute atomic E-state index is 5.71. The average molecular weight is 233 g/mol. The molecule has 1 heterocycles. The van der Waals surface area contributed by atoms with Crippen LogP contribution in [-0.4, -0.2) is 37.6 Å². The van der Waals surface area contributed by atoms with Crippen molar-refractivity contribution in [2.24, 2.45) is 0 Å². The van der Waals surface area contributed by atoms with Crippen molar-refractivity contribution in [2.75, 3.05) is 37.3 Å². The van der Waals surface area contributed by atoms with Crippen LogP contribution in [0.25, 0.3) is 0 Å². The first-order valence-electron chi connectivity index (χ1n) is 6.51. The summed E-state index contributed by atoms with van der Waals surface area (Å²) in [5.41, 5.74) is 7.85. The first kappa shape index (κ1) is 12.2. The normalized spacial score (nSPS) is 20.2. The highest BCUT2D eigenvalue weighted by atomic mass is 15.2. The topological polar surface area (TPSA) is 32.5 Å². The third kappa shape index (κ3) is 2.91. The van der Waals surface area contributed by atoms with Gasteiger partial charge in [0.25, 0.3) is 0 Å². The maximum atomic E-state index is 5.71. The van der Waals surface area contributed by atoms with Gasteiger partial charge in [0.15, 0.2) is 0 Å². The van der Waals surface area contributed by atoms with Gasteiger partial charge in [-0.15, -0.1) is 0 Å². The summed E-state index contributed by atoms with van der Waals surface area (Å²) in [5, 5.41) is 0. The van der Waals surface area contributed by atoms with E-state index in [4.69, 9.17) is 5.73 Å². The number of hydrogen-bond donors (Lipinski definition) is 1. The van der Waals surface area contributed by atoms with E-state index in [1.807, 2.05) is 12.1 Å². The SMILES string of the molecule is CCCN(C)C1CCN(c2ccc(N)cc2)C1. The highest BCUT2D eigenvalue weighted by molar-refractivity contribution is 5.53. The number of nitrogens with zero attached hydrogens (tertiary/aromatic N) is 2. The van der Waals surface area contributed by atoms with E-state index in [1.54, 1.807) is 0 Å². The molecule has 0 bridgehead atoms. The van der Waals surface area contributed by atoms with E-state index < -0.39 is 0 Å². The summed E-state index contributed by atoms with van der Waals surface area (Å²) >= 11 is 0. The van der Waals surface area contributed by atoms with Gasteiger partial charge in [0.2, 0.25) is 0 Å². The maximum Gasteiger partial charge on any atom is 0.0368 e. The van der Waals surface area contributed by atoms with Gasteiger partial charge in [-0.1, -0.05) is 6.92 Å². The Balaban J connectivity index is 1.95. The number of rotatable bonds is 4. The predicted molar refractivity (Wildman–Crippen MR) is 74.4 cm³/mol. The zero-order valence-electron chi connectivity index (χ0n) is 10.9. The van der Waals surface area contributed by atoms with Gasteiger partial charge < -0.3 is 15.5 Å². The molecule has 0 radical (unpaired) electrons. The van der Waals surface area contributed by atoms with Gasteiger partial charge in [-0.2, -0.15) is 0 Å². The molecular weight excluding hydrogens is 210 g/mol. The average Bonchev–Trinajstić information content (AvgIpc) is 2.80. The second-order valence-corrected chi connectivity index (χ2v) is 4.96. The Morgan fingerprint density at radius 2 is 2.06 bits per heavy atom. The molecule has 3 heteroatoms. The largest absolute Gasteiger partial charge is 0.399 e. The van der Waals surface area contributed by atoms with E-state index in [-0.39, 0.29) is 0 Å². The molecule has 3 nitrogen and oxygen atoms in total. The summed E-state index contributed by atoms with van der Waals surface area (Å²) in [5.74, 6) is 0. The van der Waals surface area contributed by atoms with Gasteiger partial charge >= 0.3 is 0 Å². The Labute approximate surface area is 104 Å². The molecule has 0 amide bonds. The Kier molecular flexibility index (Phi) is 3.89. The monoisotopic (exact) mass is 233 g/mol. The molecule has 1 fully saturated rings. The van der Waals surface area contributed by atoms with Crippen LogP contribution >= 0.6 is 0 Å². The smallest absolute Gasteiger partial charge is 0.0368 e. The number of nitrogens with two attached hydrogens (primary N) is 1. The van der Waals surface area contributed by atoms with Crippen molar-refractivity contribution >= 4 is 11.4 Å². The second-order valence-electron chi connectivity index (χ2n) is 4.96. The van der Waals surface area contributed by atoms with E-state index in [2.05, 4.69) is 35.9 Å². The van der Waals surface area contributed by atoms with Crippen molar-refractivity contribution in [3.8, 4) is 0 Å². The van der Waals surface area contributed by atoms with Gasteiger partial charge in [-0.3, -0.25) is 0 Å². The van der Waals surface area contributed by atoms with Crippen molar-refractivity contribution in [1.82, 2.24) is 4.90 Å². The number of anilines is 2. The Morgan fingerprint density at radius 3 is 2.71 bits per heavy atom. The lowest BCUT2D eigenvalue weighted by Gasteiger charge is -2.24. The minimum Gasteiger partial charge on any atom is -0.399 e. The highest BCUT2D eigenvalue weighted by Crippen LogP contribution is 2.23. The van der Waals surface area contributed by atoms with Crippen LogP contribution in [0.15, 0.2) is 24.3 Å². The highest BCUT2D eigenvalue weighted by Gasteiger charge is 2.25. The molecule has 1 saturated heterocycles. The van der Waals surface area contributed by atoms with E-state index in [9.17, 15) is 0 Å². The lowest BCUT2D eigenvalue weighted by molar-refractivity contribution is 0.259. The quantitative estimate of drug-likeness (QED) is 0.809. The van der Waals surface area contributed by atoms with Gasteiger partial charge in [0.05, 0.1) is 0 Å². The molecule has 94 valence electrons. The van der Waals surface area contributed by atoms with E-state index in [0.717, 1.165) is 18.8 Å². The summed E-state index contributed by atoms with van der Waals surface area (Å²) in [7, 11) is 2.24. The van der Waals surface area contributed by atoms with Crippen molar-refractivity contribution in [3.05, 3.63) is 24.3 Å². The van der Waals surface area contributed by atoms with Crippen molar-refractivity contribution < 1.29 is 0 Å². The molecule has 2 N–H and O–H groups in total. The zero-order chi connectivity index (χ0) is 12.3. The number of benzene rings is 1. The number of nitrogen functional groups attached to an aromatic ring is 1. The van der Waals surface area contributed by atoms with Crippen LogP contribution < -0.4 is 10.6 Å². The molecule has 1 aromatic rings. The molecule has 17 heavy (non-hydrogen) atoms. The van der Waals surface area contributed by atoms with Crippen molar-refractivity contribution in [2.45, 2.75) is 25.8 Å². The first-order valence-corrected chi connectivity index (χ1v) is 6.51. The fourth-order valence-electron chi connectivity index (χ4n) is 2.56. The van der Waals surface area contributed by atoms with Gasteiger partial charge in [0, 0.05) is 30.5 Å². The minimum atomic E-state index is 0.701. The lowest BCUT2D eigenvalue weighted by atomic mass is 10.2. The predicted octanol–water partition coefficient (Wildman–Crippen LogP) is 2.19. The van der Waals surface area contributed by atoms with Crippen LogP contribution in [0.2, 0.25) is 0 Å². The Hall–Kier alpha value is -1.22. The molecule has 0 spiro atoms. The molecule has 1 unspecified atom stereocenters. The molecule has 0 saturated carbocycles. The van der Waals surface area contributed by atoms with Crippen LogP contribution in [0.3, 0.4) is 0 Å². The van der Waals surface area contributed by atoms with Crippen LogP contribution in [0.5, 0.6) is 0 Å². The standard InChI is InChI=1S/C14H23N3/c1-3-9-16(2)14-8-10-17(11-14)13-6-4-12(15)5-7-13/h4-7,14H,3,8-11,15H2,1-2H3. The third-order valence-electron chi connectivity index (χ3n) is 3.62. The Bertz CT molecular complexity index is 347. The zero-order valence-corrected chi connectivity index (χ0v) is 10.9. The van der Waals surface area contributed by atoms with Gasteiger partial charge in [-0.25, -0.2) is 0 Å². The van der Waals surface area contributed by atoms with Crippen LogP contribution in [0.1, 0.15) is 19.8 Å². The molecule has 1 atom stereocenters. The molecule has 0 aliphatic carbocycles. The van der Waals surface area contributed by atoms with Gasteiger partial charge in [-0.05, 0) is 50.7 Å². The van der Waals surface area contributed by atoms with E-state index in [0.29, 0.717) is 6.04 Å². The molecule has 1 aromatic carbocycles. The summed E-state index contributed by atoms with van der Waals surface area (Å²) in [4.78, 5) is 4.94.